The SMILES string of the molecule is O=C(O)c1cc(-c2ncco2)[c]cc1C(F)(F)F. The molecule has 4 nitrogen and oxygen atoms in total. The first-order chi connectivity index (χ1) is 8.39. The molecule has 0 saturated heterocycles. The average molecular weight is 256 g/mol. The van der Waals surface area contributed by atoms with E-state index in [1.54, 1.807) is 0 Å². The van der Waals surface area contributed by atoms with E-state index in [1.165, 1.54) is 12.5 Å². The smallest absolute Gasteiger partial charge is 0.417 e. The van der Waals surface area contributed by atoms with Crippen molar-refractivity contribution in [3.8, 4) is 11.5 Å². The molecular weight excluding hydrogens is 251 g/mol. The van der Waals surface area contributed by atoms with Crippen LogP contribution in [0.25, 0.3) is 11.5 Å². The largest absolute Gasteiger partial charge is 0.478 e. The quantitative estimate of drug-likeness (QED) is 0.897. The highest BCUT2D eigenvalue weighted by Gasteiger charge is 2.35. The zero-order chi connectivity index (χ0) is 13.3. The van der Waals surface area contributed by atoms with E-state index in [2.05, 4.69) is 11.1 Å². The minimum Gasteiger partial charge on any atom is -0.478 e. The van der Waals surface area contributed by atoms with Crippen molar-refractivity contribution in [3.05, 3.63) is 41.8 Å². The second kappa shape index (κ2) is 4.17. The maximum absolute atomic E-state index is 12.6. The van der Waals surface area contributed by atoms with E-state index in [9.17, 15) is 18.0 Å². The fourth-order valence-corrected chi connectivity index (χ4v) is 1.38. The van der Waals surface area contributed by atoms with Crippen LogP contribution in [0.5, 0.6) is 0 Å². The lowest BCUT2D eigenvalue weighted by Crippen LogP contribution is -2.13. The van der Waals surface area contributed by atoms with Crippen LogP contribution in [0.15, 0.2) is 29.0 Å². The molecule has 0 atom stereocenters. The van der Waals surface area contributed by atoms with E-state index in [1.807, 2.05) is 0 Å². The van der Waals surface area contributed by atoms with Gasteiger partial charge in [0.25, 0.3) is 0 Å². The van der Waals surface area contributed by atoms with Crippen molar-refractivity contribution in [1.82, 2.24) is 4.98 Å². The summed E-state index contributed by atoms with van der Waals surface area (Å²) in [4.78, 5) is 14.5. The summed E-state index contributed by atoms with van der Waals surface area (Å²) in [5.74, 6) is -1.67. The Morgan fingerprint density at radius 1 is 1.44 bits per heavy atom. The summed E-state index contributed by atoms with van der Waals surface area (Å²) >= 11 is 0. The lowest BCUT2D eigenvalue weighted by molar-refractivity contribution is -0.138. The van der Waals surface area contributed by atoms with Gasteiger partial charge in [0.05, 0.1) is 17.3 Å². The summed E-state index contributed by atoms with van der Waals surface area (Å²) in [5.41, 5.74) is -2.08. The van der Waals surface area contributed by atoms with Gasteiger partial charge >= 0.3 is 12.1 Å². The van der Waals surface area contributed by atoms with Crippen molar-refractivity contribution in [2.75, 3.05) is 0 Å². The predicted molar refractivity (Wildman–Crippen MR) is 52.7 cm³/mol. The molecule has 7 heteroatoms. The molecule has 0 bridgehead atoms. The monoisotopic (exact) mass is 256 g/mol. The van der Waals surface area contributed by atoms with Crippen molar-refractivity contribution in [3.63, 3.8) is 0 Å². The summed E-state index contributed by atoms with van der Waals surface area (Å²) in [6.45, 7) is 0. The van der Waals surface area contributed by atoms with Crippen LogP contribution in [0.3, 0.4) is 0 Å². The highest BCUT2D eigenvalue weighted by molar-refractivity contribution is 5.91. The van der Waals surface area contributed by atoms with Gasteiger partial charge in [0, 0.05) is 5.56 Å². The Labute approximate surface area is 98.7 Å². The van der Waals surface area contributed by atoms with Gasteiger partial charge in [0.2, 0.25) is 5.89 Å². The second-order valence-electron chi connectivity index (χ2n) is 3.31. The number of aromatic carboxylic acids is 1. The second-order valence-corrected chi connectivity index (χ2v) is 3.31. The zero-order valence-electron chi connectivity index (χ0n) is 8.65. The maximum atomic E-state index is 12.6. The highest BCUT2D eigenvalue weighted by atomic mass is 19.4. The minimum atomic E-state index is -4.75. The number of oxazole rings is 1. The van der Waals surface area contributed by atoms with E-state index < -0.39 is 23.3 Å². The molecule has 0 aliphatic heterocycles. The minimum absolute atomic E-state index is 0.00576. The molecule has 0 spiro atoms. The van der Waals surface area contributed by atoms with Crippen LogP contribution in [0.4, 0.5) is 13.2 Å². The number of carboxylic acids is 1. The molecule has 93 valence electrons. The topological polar surface area (TPSA) is 63.3 Å². The lowest BCUT2D eigenvalue weighted by Gasteiger charge is -2.10. The molecule has 0 amide bonds. The number of carboxylic acid groups (broad SMARTS) is 1. The van der Waals surface area contributed by atoms with Crippen LogP contribution in [0, 0.1) is 6.07 Å². The molecule has 0 aliphatic rings. The first kappa shape index (κ1) is 12.2. The van der Waals surface area contributed by atoms with E-state index >= 15 is 0 Å². The van der Waals surface area contributed by atoms with Crippen LogP contribution >= 0.6 is 0 Å². The van der Waals surface area contributed by atoms with Gasteiger partial charge < -0.3 is 9.52 Å². The Morgan fingerprint density at radius 3 is 2.67 bits per heavy atom. The maximum Gasteiger partial charge on any atom is 0.417 e. The third-order valence-corrected chi connectivity index (χ3v) is 2.15. The number of hydrogen-bond donors (Lipinski definition) is 1. The van der Waals surface area contributed by atoms with Crippen molar-refractivity contribution >= 4 is 5.97 Å². The first-order valence-corrected chi connectivity index (χ1v) is 4.65. The number of carbonyl (C=O) groups is 1. The van der Waals surface area contributed by atoms with Gasteiger partial charge in [-0.25, -0.2) is 9.78 Å². The summed E-state index contributed by atoms with van der Waals surface area (Å²) in [7, 11) is 0. The number of rotatable bonds is 2. The molecule has 0 aliphatic carbocycles. The Hall–Kier alpha value is -2.31. The Bertz CT molecular complexity index is 576. The average Bonchev–Trinajstić information content (AvgIpc) is 2.80. The van der Waals surface area contributed by atoms with Crippen LogP contribution in [-0.4, -0.2) is 16.1 Å². The fraction of sp³-hybridized carbons (Fsp3) is 0.0909. The molecule has 2 aromatic rings. The molecule has 0 fully saturated rings. The number of halogens is 3. The van der Waals surface area contributed by atoms with Crippen molar-refractivity contribution in [1.29, 1.82) is 0 Å². The van der Waals surface area contributed by atoms with Gasteiger partial charge in [-0.1, -0.05) is 0 Å². The van der Waals surface area contributed by atoms with Crippen molar-refractivity contribution in [2.24, 2.45) is 0 Å². The Morgan fingerprint density at radius 2 is 2.17 bits per heavy atom. The summed E-state index contributed by atoms with van der Waals surface area (Å²) < 4.78 is 42.5. The van der Waals surface area contributed by atoms with Gasteiger partial charge in [-0.05, 0) is 18.2 Å². The molecule has 1 aromatic heterocycles. The van der Waals surface area contributed by atoms with E-state index in [-0.39, 0.29) is 11.5 Å². The predicted octanol–water partition coefficient (Wildman–Crippen LogP) is 2.86. The summed E-state index contributed by atoms with van der Waals surface area (Å²) in [6, 6.07) is 3.70. The molecule has 1 heterocycles. The molecule has 0 saturated carbocycles. The normalized spacial score (nSPS) is 11.5. The lowest BCUT2D eigenvalue weighted by atomic mass is 10.0. The van der Waals surface area contributed by atoms with Gasteiger partial charge in [-0.3, -0.25) is 0 Å². The molecule has 0 unspecified atom stereocenters. The van der Waals surface area contributed by atoms with E-state index in [0.29, 0.717) is 6.07 Å². The van der Waals surface area contributed by atoms with Gasteiger partial charge in [-0.15, -0.1) is 0 Å². The molecule has 1 N–H and O–H groups in total. The van der Waals surface area contributed by atoms with Gasteiger partial charge in [0.15, 0.2) is 0 Å². The molecule has 2 rings (SSSR count). The van der Waals surface area contributed by atoms with Crippen molar-refractivity contribution < 1.29 is 27.5 Å². The first-order valence-electron chi connectivity index (χ1n) is 4.65. The van der Waals surface area contributed by atoms with Gasteiger partial charge in [0.1, 0.15) is 6.26 Å². The van der Waals surface area contributed by atoms with Crippen LogP contribution in [0.2, 0.25) is 0 Å². The third kappa shape index (κ3) is 2.20. The Kier molecular flexibility index (Phi) is 2.82. The van der Waals surface area contributed by atoms with E-state index in [0.717, 1.165) is 6.07 Å². The zero-order valence-corrected chi connectivity index (χ0v) is 8.65. The van der Waals surface area contributed by atoms with Crippen LogP contribution in [-0.2, 0) is 6.18 Å². The number of benzene rings is 1. The van der Waals surface area contributed by atoms with Crippen LogP contribution < -0.4 is 0 Å². The number of aromatic nitrogens is 1. The summed E-state index contributed by atoms with van der Waals surface area (Å²) in [5, 5.41) is 8.79. The molecular formula is C11H5F3NO3. The van der Waals surface area contributed by atoms with Gasteiger partial charge in [-0.2, -0.15) is 13.2 Å². The standard InChI is InChI=1S/C11H5F3NO3/c12-11(13,14)8-2-1-6(5-7(8)10(16)17)9-15-3-4-18-9/h2-5H,(H,16,17). The van der Waals surface area contributed by atoms with Crippen LogP contribution in [0.1, 0.15) is 15.9 Å². The summed E-state index contributed by atoms with van der Waals surface area (Å²) in [6.07, 6.45) is -2.23. The third-order valence-electron chi connectivity index (χ3n) is 2.15. The fourth-order valence-electron chi connectivity index (χ4n) is 1.38. The Balaban J connectivity index is 2.58. The number of nitrogens with zero attached hydrogens (tertiary/aromatic N) is 1. The highest BCUT2D eigenvalue weighted by Crippen LogP contribution is 2.33. The number of hydrogen-bond acceptors (Lipinski definition) is 3. The number of alkyl halides is 3. The molecule has 18 heavy (non-hydrogen) atoms. The molecule has 1 aromatic carbocycles. The van der Waals surface area contributed by atoms with Crippen molar-refractivity contribution in [2.45, 2.75) is 6.18 Å². The molecule has 1 radical (unpaired) electrons. The van der Waals surface area contributed by atoms with E-state index in [4.69, 9.17) is 9.52 Å².